The van der Waals surface area contributed by atoms with Crippen LogP contribution in [0.15, 0.2) is 58.4 Å². The van der Waals surface area contributed by atoms with Crippen molar-refractivity contribution in [3.8, 4) is 0 Å². The Morgan fingerprint density at radius 1 is 1.31 bits per heavy atom. The number of nitrogens with zero attached hydrogens (tertiary/aromatic N) is 4. The third-order valence-electron chi connectivity index (χ3n) is 4.50. The van der Waals surface area contributed by atoms with Gasteiger partial charge in [0.25, 0.3) is 0 Å². The molecule has 3 aromatic rings. The van der Waals surface area contributed by atoms with E-state index in [0.29, 0.717) is 18.0 Å². The molecule has 0 saturated heterocycles. The fourth-order valence-electron chi connectivity index (χ4n) is 3.22. The van der Waals surface area contributed by atoms with Crippen molar-refractivity contribution in [1.82, 2.24) is 19.9 Å². The highest BCUT2D eigenvalue weighted by Crippen LogP contribution is 2.35. The summed E-state index contributed by atoms with van der Waals surface area (Å²) in [4.78, 5) is 15.5. The number of allylic oxidation sites excluding steroid dienone is 1. The number of nitrogen functional groups attached to an aromatic ring is 1. The van der Waals surface area contributed by atoms with Crippen LogP contribution in [-0.2, 0) is 14.6 Å². The number of anilines is 2. The number of benzene rings is 1. The first-order valence-electron chi connectivity index (χ1n) is 8.67. The maximum atomic E-state index is 13.2. The number of fused-ring (bicyclic) bond motifs is 1. The van der Waals surface area contributed by atoms with Crippen LogP contribution in [-0.4, -0.2) is 46.2 Å². The number of ether oxygens (including phenoxy) is 1. The second kappa shape index (κ2) is 7.37. The highest BCUT2D eigenvalue weighted by molar-refractivity contribution is 14.1. The van der Waals surface area contributed by atoms with Crippen molar-refractivity contribution in [3.63, 3.8) is 0 Å². The van der Waals surface area contributed by atoms with Gasteiger partial charge in [-0.2, -0.15) is 0 Å². The van der Waals surface area contributed by atoms with E-state index in [4.69, 9.17) is 10.5 Å². The van der Waals surface area contributed by atoms with E-state index in [-0.39, 0.29) is 25.4 Å². The molecule has 4 rings (SSSR count). The molecule has 1 aromatic carbocycles. The van der Waals surface area contributed by atoms with Crippen LogP contribution < -0.4 is 10.6 Å². The second-order valence-corrected chi connectivity index (χ2v) is 9.56. The standard InChI is InChI=1S/C18H19IN6O3S/c1-11-8-25(18(19)28-11)10-24(2)17-14-13(21-9-22-17)15(16(20)23-14)29(26,27)12-6-4-3-5-7-12/h3-9,18,23H,10,20H2,1-2H3. The molecule has 0 aliphatic carbocycles. The van der Waals surface area contributed by atoms with Crippen molar-refractivity contribution in [3.05, 3.63) is 48.6 Å². The smallest absolute Gasteiger partial charge is 0.224 e. The summed E-state index contributed by atoms with van der Waals surface area (Å²) in [6, 6.07) is 8.15. The van der Waals surface area contributed by atoms with E-state index in [9.17, 15) is 8.42 Å². The Bertz CT molecular complexity index is 1200. The molecule has 29 heavy (non-hydrogen) atoms. The number of alkyl halides is 1. The average molecular weight is 526 g/mol. The first-order valence-corrected chi connectivity index (χ1v) is 11.4. The van der Waals surface area contributed by atoms with Crippen molar-refractivity contribution in [2.45, 2.75) is 20.9 Å². The normalized spacial score (nSPS) is 16.7. The Morgan fingerprint density at radius 2 is 2.03 bits per heavy atom. The predicted octanol–water partition coefficient (Wildman–Crippen LogP) is 2.68. The fraction of sp³-hybridized carbons (Fsp3) is 0.222. The van der Waals surface area contributed by atoms with Gasteiger partial charge >= 0.3 is 0 Å². The highest BCUT2D eigenvalue weighted by Gasteiger charge is 2.29. The minimum absolute atomic E-state index is 0.0333. The van der Waals surface area contributed by atoms with Gasteiger partial charge in [-0.25, -0.2) is 18.4 Å². The molecule has 9 nitrogen and oxygen atoms in total. The second-order valence-electron chi connectivity index (χ2n) is 6.61. The molecule has 0 amide bonds. The number of nitrogens with two attached hydrogens (primary N) is 1. The molecule has 11 heteroatoms. The van der Waals surface area contributed by atoms with Gasteiger partial charge in [0.1, 0.15) is 33.8 Å². The summed E-state index contributed by atoms with van der Waals surface area (Å²) in [5.74, 6) is 1.40. The van der Waals surface area contributed by atoms with Gasteiger partial charge < -0.3 is 25.3 Å². The molecule has 1 atom stereocenters. The van der Waals surface area contributed by atoms with Crippen molar-refractivity contribution >= 4 is 55.1 Å². The van der Waals surface area contributed by atoms with Crippen LogP contribution in [0.3, 0.4) is 0 Å². The van der Waals surface area contributed by atoms with E-state index in [2.05, 4.69) is 37.5 Å². The number of hydrogen-bond acceptors (Lipinski definition) is 8. The number of halogens is 1. The molecule has 1 unspecified atom stereocenters. The summed E-state index contributed by atoms with van der Waals surface area (Å²) in [5.41, 5.74) is 6.82. The van der Waals surface area contributed by atoms with Gasteiger partial charge in [0.05, 0.1) is 11.6 Å². The Hall–Kier alpha value is -2.54. The molecular weight excluding hydrogens is 507 g/mol. The number of sulfone groups is 1. The monoisotopic (exact) mass is 526 g/mol. The van der Waals surface area contributed by atoms with Crippen molar-refractivity contribution in [2.24, 2.45) is 0 Å². The molecule has 3 N–H and O–H groups in total. The number of aromatic nitrogens is 3. The minimum atomic E-state index is -3.84. The van der Waals surface area contributed by atoms with Crippen LogP contribution >= 0.6 is 22.6 Å². The SMILES string of the molecule is CC1=CN(CN(C)c2ncnc3c(S(=O)(=O)c4ccccc4)c(N)[nH]c23)C(I)O1. The summed E-state index contributed by atoms with van der Waals surface area (Å²) in [5, 5.41) is 0. The lowest BCUT2D eigenvalue weighted by molar-refractivity contribution is 0.136. The van der Waals surface area contributed by atoms with Crippen molar-refractivity contribution in [2.75, 3.05) is 24.3 Å². The minimum Gasteiger partial charge on any atom is -0.465 e. The van der Waals surface area contributed by atoms with E-state index >= 15 is 0 Å². The van der Waals surface area contributed by atoms with Gasteiger partial charge in [-0.15, -0.1) is 0 Å². The van der Waals surface area contributed by atoms with Gasteiger partial charge in [0.15, 0.2) is 5.82 Å². The van der Waals surface area contributed by atoms with E-state index < -0.39 is 9.84 Å². The topological polar surface area (TPSA) is 117 Å². The molecule has 152 valence electrons. The van der Waals surface area contributed by atoms with E-state index in [1.807, 2.05) is 30.0 Å². The number of H-pyrrole nitrogens is 1. The van der Waals surface area contributed by atoms with Crippen LogP contribution in [0.5, 0.6) is 0 Å². The van der Waals surface area contributed by atoms with Crippen LogP contribution in [0, 0.1) is 0 Å². The summed E-state index contributed by atoms with van der Waals surface area (Å²) in [7, 11) is -1.98. The molecule has 0 fully saturated rings. The molecule has 1 aliphatic rings. The van der Waals surface area contributed by atoms with Crippen LogP contribution in [0.1, 0.15) is 6.92 Å². The first-order chi connectivity index (χ1) is 13.8. The van der Waals surface area contributed by atoms with E-state index in [1.165, 1.54) is 18.5 Å². The maximum absolute atomic E-state index is 13.2. The van der Waals surface area contributed by atoms with Crippen molar-refractivity contribution < 1.29 is 13.2 Å². The number of aromatic amines is 1. The third-order valence-corrected chi connectivity index (χ3v) is 7.31. The lowest BCUT2D eigenvalue weighted by Gasteiger charge is -2.26. The quantitative estimate of drug-likeness (QED) is 0.296. The molecule has 0 saturated carbocycles. The largest absolute Gasteiger partial charge is 0.465 e. The van der Waals surface area contributed by atoms with Gasteiger partial charge in [-0.3, -0.25) is 0 Å². The van der Waals surface area contributed by atoms with Crippen molar-refractivity contribution in [1.29, 1.82) is 0 Å². The summed E-state index contributed by atoms with van der Waals surface area (Å²) >= 11 is 2.19. The molecular formula is C18H19IN6O3S. The Labute approximate surface area is 181 Å². The van der Waals surface area contributed by atoms with Crippen LogP contribution in [0.25, 0.3) is 11.0 Å². The van der Waals surface area contributed by atoms with Gasteiger partial charge in [-0.1, -0.05) is 18.2 Å². The van der Waals surface area contributed by atoms with Gasteiger partial charge in [-0.05, 0) is 41.6 Å². The van der Waals surface area contributed by atoms with Crippen LogP contribution in [0.4, 0.5) is 11.6 Å². The average Bonchev–Trinajstić information content (AvgIpc) is 3.19. The molecule has 0 radical (unpaired) electrons. The first kappa shape index (κ1) is 19.8. The fourth-order valence-corrected chi connectivity index (χ4v) is 5.46. The summed E-state index contributed by atoms with van der Waals surface area (Å²) < 4.78 is 31.8. The molecule has 0 bridgehead atoms. The Kier molecular flexibility index (Phi) is 5.02. The zero-order chi connectivity index (χ0) is 20.8. The van der Waals surface area contributed by atoms with Crippen LogP contribution in [0.2, 0.25) is 0 Å². The number of rotatable bonds is 5. The van der Waals surface area contributed by atoms with Gasteiger partial charge in [0.2, 0.25) is 14.1 Å². The Morgan fingerprint density at radius 3 is 2.69 bits per heavy atom. The Balaban J connectivity index is 1.77. The highest BCUT2D eigenvalue weighted by atomic mass is 127. The molecule has 2 aromatic heterocycles. The molecule has 3 heterocycles. The lowest BCUT2D eigenvalue weighted by atomic mass is 10.4. The molecule has 0 spiro atoms. The zero-order valence-corrected chi connectivity index (χ0v) is 18.7. The van der Waals surface area contributed by atoms with E-state index in [0.717, 1.165) is 5.76 Å². The third kappa shape index (κ3) is 3.48. The summed E-state index contributed by atoms with van der Waals surface area (Å²) in [6.07, 6.45) is 3.26. The number of hydrogen-bond donors (Lipinski definition) is 2. The lowest BCUT2D eigenvalue weighted by Crippen LogP contribution is -2.35. The van der Waals surface area contributed by atoms with E-state index in [1.54, 1.807) is 18.2 Å². The zero-order valence-electron chi connectivity index (χ0n) is 15.7. The summed E-state index contributed by atoms with van der Waals surface area (Å²) in [6.45, 7) is 2.37. The molecule has 1 aliphatic heterocycles. The number of nitrogens with one attached hydrogen (secondary N) is 1. The predicted molar refractivity (Wildman–Crippen MR) is 118 cm³/mol. The van der Waals surface area contributed by atoms with Gasteiger partial charge in [0, 0.05) is 13.2 Å². The maximum Gasteiger partial charge on any atom is 0.224 e.